The van der Waals surface area contributed by atoms with Crippen LogP contribution in [0.5, 0.6) is 11.5 Å². The van der Waals surface area contributed by atoms with Gasteiger partial charge in [0.15, 0.2) is 11.5 Å². The molecule has 0 radical (unpaired) electrons. The molecule has 1 unspecified atom stereocenters. The Balaban J connectivity index is 3.04. The number of phenols is 1. The Morgan fingerprint density at radius 3 is 2.76 bits per heavy atom. The van der Waals surface area contributed by atoms with Gasteiger partial charge in [0.05, 0.1) is 17.5 Å². The molecule has 0 fully saturated rings. The van der Waals surface area contributed by atoms with E-state index in [4.69, 9.17) is 15.6 Å². The van der Waals surface area contributed by atoms with Gasteiger partial charge >= 0.3 is 5.97 Å². The first kappa shape index (κ1) is 13.8. The summed E-state index contributed by atoms with van der Waals surface area (Å²) in [6, 6.07) is 2.51. The van der Waals surface area contributed by atoms with Crippen molar-refractivity contribution in [3.63, 3.8) is 0 Å². The van der Waals surface area contributed by atoms with E-state index in [0.717, 1.165) is 0 Å². The van der Waals surface area contributed by atoms with Crippen molar-refractivity contribution >= 4 is 21.9 Å². The van der Waals surface area contributed by atoms with Crippen LogP contribution in [0.2, 0.25) is 0 Å². The van der Waals surface area contributed by atoms with E-state index in [1.54, 1.807) is 19.1 Å². The molecule has 0 heterocycles. The molecular weight excluding hydrogens is 290 g/mol. The van der Waals surface area contributed by atoms with Gasteiger partial charge in [-0.2, -0.15) is 0 Å². The number of carbonyl (C=O) groups is 1. The van der Waals surface area contributed by atoms with E-state index in [-0.39, 0.29) is 17.9 Å². The van der Waals surface area contributed by atoms with E-state index in [9.17, 15) is 9.90 Å². The number of benzene rings is 1. The first-order valence-electron chi connectivity index (χ1n) is 5.08. The minimum absolute atomic E-state index is 0.0156. The van der Waals surface area contributed by atoms with Crippen LogP contribution in [0.3, 0.4) is 0 Å². The highest BCUT2D eigenvalue weighted by Gasteiger charge is 2.15. The number of aromatic hydroxyl groups is 1. The summed E-state index contributed by atoms with van der Waals surface area (Å²) in [6.07, 6.45) is -0.178. The number of ether oxygens (including phenoxy) is 1. The number of carboxylic acids is 1. The predicted molar refractivity (Wildman–Crippen MR) is 66.2 cm³/mol. The molecule has 0 saturated carbocycles. The standard InChI is InChI=1S/C11H14BrNO4/c1-2-17-9-4-6(3-7(12)11(9)16)8(13)5-10(14)15/h3-4,8,16H,2,5,13H2,1H3,(H,14,15). The molecule has 0 aliphatic rings. The summed E-state index contributed by atoms with van der Waals surface area (Å²) in [7, 11) is 0. The van der Waals surface area contributed by atoms with E-state index in [0.29, 0.717) is 16.6 Å². The summed E-state index contributed by atoms with van der Waals surface area (Å²) in [5.41, 5.74) is 6.34. The second-order valence-electron chi connectivity index (χ2n) is 3.49. The molecule has 1 aromatic carbocycles. The van der Waals surface area contributed by atoms with Crippen molar-refractivity contribution in [2.24, 2.45) is 5.73 Å². The lowest BCUT2D eigenvalue weighted by Gasteiger charge is -2.14. The monoisotopic (exact) mass is 303 g/mol. The Morgan fingerprint density at radius 2 is 2.24 bits per heavy atom. The topological polar surface area (TPSA) is 92.8 Å². The van der Waals surface area contributed by atoms with Crippen LogP contribution in [0.25, 0.3) is 0 Å². The minimum Gasteiger partial charge on any atom is -0.503 e. The number of phenolic OH excluding ortho intramolecular Hbond substituents is 1. The van der Waals surface area contributed by atoms with Crippen molar-refractivity contribution in [2.45, 2.75) is 19.4 Å². The van der Waals surface area contributed by atoms with Crippen molar-refractivity contribution in [3.8, 4) is 11.5 Å². The van der Waals surface area contributed by atoms with Crippen LogP contribution in [0.1, 0.15) is 24.9 Å². The van der Waals surface area contributed by atoms with Gasteiger partial charge in [-0.05, 0) is 40.5 Å². The maximum Gasteiger partial charge on any atom is 0.305 e. The average molecular weight is 304 g/mol. The van der Waals surface area contributed by atoms with Crippen LogP contribution in [0, 0.1) is 0 Å². The fourth-order valence-corrected chi connectivity index (χ4v) is 1.84. The Hall–Kier alpha value is -1.27. The van der Waals surface area contributed by atoms with Gasteiger partial charge in [0.2, 0.25) is 0 Å². The van der Waals surface area contributed by atoms with E-state index < -0.39 is 12.0 Å². The summed E-state index contributed by atoms with van der Waals surface area (Å²) in [4.78, 5) is 10.6. The molecular formula is C11H14BrNO4. The first-order chi connectivity index (χ1) is 7.95. The van der Waals surface area contributed by atoms with Crippen LogP contribution in [0.4, 0.5) is 0 Å². The highest BCUT2D eigenvalue weighted by molar-refractivity contribution is 9.10. The molecule has 0 aliphatic heterocycles. The lowest BCUT2D eigenvalue weighted by molar-refractivity contribution is -0.137. The summed E-state index contributed by atoms with van der Waals surface area (Å²) in [6.45, 7) is 2.19. The molecule has 0 aromatic heterocycles. The lowest BCUT2D eigenvalue weighted by atomic mass is 10.0. The number of rotatable bonds is 5. The third-order valence-electron chi connectivity index (χ3n) is 2.17. The summed E-state index contributed by atoms with van der Waals surface area (Å²) >= 11 is 3.17. The average Bonchev–Trinajstić information content (AvgIpc) is 2.23. The van der Waals surface area contributed by atoms with Gasteiger partial charge in [0.25, 0.3) is 0 Å². The van der Waals surface area contributed by atoms with E-state index in [2.05, 4.69) is 15.9 Å². The second kappa shape index (κ2) is 5.88. The Kier molecular flexibility index (Phi) is 4.77. The number of aliphatic carboxylic acids is 1. The van der Waals surface area contributed by atoms with Gasteiger partial charge in [-0.3, -0.25) is 4.79 Å². The van der Waals surface area contributed by atoms with Gasteiger partial charge in [-0.1, -0.05) is 0 Å². The van der Waals surface area contributed by atoms with Gasteiger partial charge < -0.3 is 20.7 Å². The molecule has 94 valence electrons. The fourth-order valence-electron chi connectivity index (χ4n) is 1.38. The van der Waals surface area contributed by atoms with Crippen LogP contribution in [-0.4, -0.2) is 22.8 Å². The van der Waals surface area contributed by atoms with Crippen molar-refractivity contribution in [1.29, 1.82) is 0 Å². The number of halogens is 1. The molecule has 6 heteroatoms. The van der Waals surface area contributed by atoms with Crippen molar-refractivity contribution in [1.82, 2.24) is 0 Å². The molecule has 4 N–H and O–H groups in total. The molecule has 5 nitrogen and oxygen atoms in total. The lowest BCUT2D eigenvalue weighted by Crippen LogP contribution is -2.15. The highest BCUT2D eigenvalue weighted by atomic mass is 79.9. The van der Waals surface area contributed by atoms with E-state index in [1.165, 1.54) is 0 Å². The highest BCUT2D eigenvalue weighted by Crippen LogP contribution is 2.37. The maximum absolute atomic E-state index is 10.6. The molecule has 0 saturated heterocycles. The molecule has 0 bridgehead atoms. The normalized spacial score (nSPS) is 12.2. The van der Waals surface area contributed by atoms with Gasteiger partial charge in [0, 0.05) is 6.04 Å². The Labute approximate surface area is 107 Å². The van der Waals surface area contributed by atoms with E-state index >= 15 is 0 Å². The molecule has 0 spiro atoms. The number of nitrogens with two attached hydrogens (primary N) is 1. The molecule has 1 rings (SSSR count). The summed E-state index contributed by atoms with van der Waals surface area (Å²) in [5.74, 6) is -0.699. The van der Waals surface area contributed by atoms with Gasteiger partial charge in [-0.15, -0.1) is 0 Å². The maximum atomic E-state index is 10.6. The molecule has 0 aliphatic carbocycles. The second-order valence-corrected chi connectivity index (χ2v) is 4.34. The summed E-state index contributed by atoms with van der Waals surface area (Å²) in [5, 5.41) is 18.4. The SMILES string of the molecule is CCOc1cc(C(N)CC(=O)O)cc(Br)c1O. The first-order valence-corrected chi connectivity index (χ1v) is 5.87. The van der Waals surface area contributed by atoms with E-state index in [1.807, 2.05) is 0 Å². The molecule has 0 amide bonds. The van der Waals surface area contributed by atoms with Crippen LogP contribution in [-0.2, 0) is 4.79 Å². The minimum atomic E-state index is -0.973. The zero-order chi connectivity index (χ0) is 13.0. The number of hydrogen-bond acceptors (Lipinski definition) is 4. The van der Waals surface area contributed by atoms with Crippen LogP contribution < -0.4 is 10.5 Å². The smallest absolute Gasteiger partial charge is 0.305 e. The third kappa shape index (κ3) is 3.61. The number of hydrogen-bond donors (Lipinski definition) is 3. The molecule has 1 atom stereocenters. The van der Waals surface area contributed by atoms with Crippen molar-refractivity contribution in [3.05, 3.63) is 22.2 Å². The molecule has 1 aromatic rings. The Morgan fingerprint density at radius 1 is 1.59 bits per heavy atom. The van der Waals surface area contributed by atoms with Crippen molar-refractivity contribution < 1.29 is 19.7 Å². The molecule has 17 heavy (non-hydrogen) atoms. The zero-order valence-electron chi connectivity index (χ0n) is 9.31. The third-order valence-corrected chi connectivity index (χ3v) is 2.78. The van der Waals surface area contributed by atoms with Gasteiger partial charge in [0.1, 0.15) is 0 Å². The fraction of sp³-hybridized carbons (Fsp3) is 0.364. The largest absolute Gasteiger partial charge is 0.503 e. The van der Waals surface area contributed by atoms with Crippen LogP contribution >= 0.6 is 15.9 Å². The van der Waals surface area contributed by atoms with Crippen LogP contribution in [0.15, 0.2) is 16.6 Å². The summed E-state index contributed by atoms with van der Waals surface area (Å²) < 4.78 is 5.66. The van der Waals surface area contributed by atoms with Gasteiger partial charge in [-0.25, -0.2) is 0 Å². The predicted octanol–water partition coefficient (Wildman–Crippen LogP) is 2.03. The quantitative estimate of drug-likeness (QED) is 0.774. The van der Waals surface area contributed by atoms with Crippen molar-refractivity contribution in [2.75, 3.05) is 6.61 Å². The Bertz CT molecular complexity index is 422. The zero-order valence-corrected chi connectivity index (χ0v) is 10.9. The number of carboxylic acid groups (broad SMARTS) is 1.